The highest BCUT2D eigenvalue weighted by Gasteiger charge is 2.22. The van der Waals surface area contributed by atoms with Crippen LogP contribution in [0.15, 0.2) is 29.6 Å². The number of carbonyl (C=O) groups is 1. The first-order chi connectivity index (χ1) is 9.29. The van der Waals surface area contributed by atoms with E-state index in [1.807, 2.05) is 5.38 Å². The van der Waals surface area contributed by atoms with Gasteiger partial charge in [0.25, 0.3) is 5.91 Å². The summed E-state index contributed by atoms with van der Waals surface area (Å²) >= 11 is 7.15. The first-order valence-electron chi connectivity index (χ1n) is 6.10. The maximum absolute atomic E-state index is 12.2. The molecule has 0 radical (unpaired) electrons. The summed E-state index contributed by atoms with van der Waals surface area (Å²) in [5.74, 6) is 5.56. The van der Waals surface area contributed by atoms with Crippen LogP contribution in [0, 0.1) is 0 Å². The highest BCUT2D eigenvalue weighted by atomic mass is 35.5. The average Bonchev–Trinajstić information content (AvgIpc) is 2.87. The van der Waals surface area contributed by atoms with Crippen molar-refractivity contribution in [1.29, 1.82) is 0 Å². The Morgan fingerprint density at radius 3 is 2.40 bits per heavy atom. The van der Waals surface area contributed by atoms with Crippen molar-refractivity contribution in [3.05, 3.63) is 45.9 Å². The van der Waals surface area contributed by atoms with Crippen molar-refractivity contribution in [2.24, 2.45) is 5.84 Å². The third-order valence-electron chi connectivity index (χ3n) is 2.78. The molecule has 0 fully saturated rings. The van der Waals surface area contributed by atoms with Crippen molar-refractivity contribution >= 4 is 34.0 Å². The van der Waals surface area contributed by atoms with Crippen molar-refractivity contribution in [1.82, 2.24) is 4.98 Å². The zero-order valence-corrected chi connectivity index (χ0v) is 13.1. The van der Waals surface area contributed by atoms with E-state index in [1.165, 1.54) is 11.3 Å². The Balaban J connectivity index is 2.22. The molecule has 2 N–H and O–H groups in total. The van der Waals surface area contributed by atoms with Crippen LogP contribution in [0.2, 0.25) is 5.02 Å². The summed E-state index contributed by atoms with van der Waals surface area (Å²) in [6.45, 7) is 6.19. The molecule has 1 heterocycles. The van der Waals surface area contributed by atoms with Crippen LogP contribution in [0.1, 0.15) is 36.8 Å². The van der Waals surface area contributed by atoms with E-state index in [-0.39, 0.29) is 11.3 Å². The van der Waals surface area contributed by atoms with E-state index < -0.39 is 0 Å². The summed E-state index contributed by atoms with van der Waals surface area (Å²) in [5.41, 5.74) is 1.32. The number of nitrogens with two attached hydrogens (primary N) is 1. The van der Waals surface area contributed by atoms with Crippen LogP contribution in [0.5, 0.6) is 0 Å². The predicted octanol–water partition coefficient (Wildman–Crippen LogP) is 3.61. The maximum Gasteiger partial charge on any atom is 0.274 e. The third kappa shape index (κ3) is 3.17. The number of rotatable bonds is 2. The maximum atomic E-state index is 12.2. The number of carbonyl (C=O) groups excluding carboxylic acids is 1. The van der Waals surface area contributed by atoms with Gasteiger partial charge in [0, 0.05) is 21.4 Å². The molecule has 0 aliphatic heterocycles. The number of benzene rings is 1. The normalized spacial score (nSPS) is 11.4. The summed E-state index contributed by atoms with van der Waals surface area (Å²) in [6, 6.07) is 6.60. The zero-order valence-electron chi connectivity index (χ0n) is 11.6. The molecule has 0 aliphatic carbocycles. The fourth-order valence-corrected chi connectivity index (χ4v) is 2.63. The van der Waals surface area contributed by atoms with Crippen molar-refractivity contribution in [3.8, 4) is 0 Å². The number of halogens is 1. The Morgan fingerprint density at radius 2 is 1.90 bits per heavy atom. The second-order valence-corrected chi connectivity index (χ2v) is 6.72. The quantitative estimate of drug-likeness (QED) is 0.523. The lowest BCUT2D eigenvalue weighted by Crippen LogP contribution is -2.37. The first-order valence-corrected chi connectivity index (χ1v) is 7.35. The van der Waals surface area contributed by atoms with Crippen molar-refractivity contribution < 1.29 is 4.79 Å². The van der Waals surface area contributed by atoms with E-state index in [2.05, 4.69) is 25.8 Å². The van der Waals surface area contributed by atoms with E-state index >= 15 is 0 Å². The summed E-state index contributed by atoms with van der Waals surface area (Å²) in [7, 11) is 0. The number of thiazole rings is 1. The molecule has 0 unspecified atom stereocenters. The molecule has 4 nitrogen and oxygen atoms in total. The van der Waals surface area contributed by atoms with Crippen molar-refractivity contribution in [2.45, 2.75) is 26.2 Å². The average molecular weight is 310 g/mol. The molecule has 0 spiro atoms. The van der Waals surface area contributed by atoms with Gasteiger partial charge in [0.15, 0.2) is 0 Å². The number of anilines is 1. The molecule has 0 saturated carbocycles. The molecule has 2 aromatic rings. The largest absolute Gasteiger partial charge is 0.274 e. The molecule has 1 aromatic heterocycles. The zero-order chi connectivity index (χ0) is 14.9. The molecule has 20 heavy (non-hydrogen) atoms. The topological polar surface area (TPSA) is 59.2 Å². The monoisotopic (exact) mass is 309 g/mol. The van der Waals surface area contributed by atoms with Gasteiger partial charge in [0.2, 0.25) is 5.13 Å². The van der Waals surface area contributed by atoms with E-state index in [0.29, 0.717) is 15.7 Å². The van der Waals surface area contributed by atoms with Crippen LogP contribution in [-0.2, 0) is 5.41 Å². The number of hydrazine groups is 1. The number of hydrogen-bond donors (Lipinski definition) is 1. The van der Waals surface area contributed by atoms with E-state index in [9.17, 15) is 4.79 Å². The molecule has 106 valence electrons. The lowest BCUT2D eigenvalue weighted by molar-refractivity contribution is 0.0987. The van der Waals surface area contributed by atoms with Crippen LogP contribution in [0.25, 0.3) is 0 Å². The van der Waals surface area contributed by atoms with Gasteiger partial charge in [0.05, 0.1) is 5.69 Å². The molecule has 0 bridgehead atoms. The third-order valence-corrected chi connectivity index (χ3v) is 3.87. The Kier molecular flexibility index (Phi) is 4.13. The highest BCUT2D eigenvalue weighted by Crippen LogP contribution is 2.28. The number of hydrogen-bond acceptors (Lipinski definition) is 4. The number of amides is 1. The van der Waals surface area contributed by atoms with E-state index in [0.717, 1.165) is 10.7 Å². The number of aromatic nitrogens is 1. The van der Waals surface area contributed by atoms with Crippen LogP contribution in [-0.4, -0.2) is 10.9 Å². The second kappa shape index (κ2) is 5.52. The molecular formula is C14H16ClN3OS. The smallest absolute Gasteiger partial charge is 0.267 e. The SMILES string of the molecule is CC(C)(C)c1csc(N(N)C(=O)c2ccc(Cl)cc2)n1. The Labute approximate surface area is 127 Å². The summed E-state index contributed by atoms with van der Waals surface area (Å²) in [6.07, 6.45) is 0. The molecule has 1 amide bonds. The second-order valence-electron chi connectivity index (χ2n) is 5.45. The summed E-state index contributed by atoms with van der Waals surface area (Å²) < 4.78 is 0. The minimum atomic E-state index is -0.309. The molecule has 1 aromatic carbocycles. The minimum Gasteiger partial charge on any atom is -0.267 e. The van der Waals surface area contributed by atoms with Gasteiger partial charge in [0.1, 0.15) is 0 Å². The molecular weight excluding hydrogens is 294 g/mol. The summed E-state index contributed by atoms with van der Waals surface area (Å²) in [5, 5.41) is 4.05. The lowest BCUT2D eigenvalue weighted by atomic mass is 9.93. The van der Waals surface area contributed by atoms with Gasteiger partial charge in [-0.3, -0.25) is 4.79 Å². The first kappa shape index (κ1) is 15.0. The molecule has 0 aliphatic rings. The fraction of sp³-hybridized carbons (Fsp3) is 0.286. The van der Waals surface area contributed by atoms with Crippen molar-refractivity contribution in [3.63, 3.8) is 0 Å². The standard InChI is InChI=1S/C14H16ClN3OS/c1-14(2,3)11-8-20-13(17-11)18(16)12(19)9-4-6-10(15)7-5-9/h4-8H,16H2,1-3H3. The van der Waals surface area contributed by atoms with Crippen LogP contribution >= 0.6 is 22.9 Å². The van der Waals surface area contributed by atoms with Gasteiger partial charge >= 0.3 is 0 Å². The Morgan fingerprint density at radius 1 is 1.30 bits per heavy atom. The van der Waals surface area contributed by atoms with Gasteiger partial charge in [-0.05, 0) is 24.3 Å². The Bertz CT molecular complexity index is 616. The van der Waals surface area contributed by atoms with Crippen LogP contribution < -0.4 is 10.9 Å². The van der Waals surface area contributed by atoms with Gasteiger partial charge in [-0.1, -0.05) is 32.4 Å². The van der Waals surface area contributed by atoms with Gasteiger partial charge in [-0.15, -0.1) is 11.3 Å². The number of nitrogens with zero attached hydrogens (tertiary/aromatic N) is 2. The van der Waals surface area contributed by atoms with Gasteiger partial charge in [-0.2, -0.15) is 0 Å². The fourth-order valence-electron chi connectivity index (χ4n) is 1.54. The summed E-state index contributed by atoms with van der Waals surface area (Å²) in [4.78, 5) is 16.7. The van der Waals surface area contributed by atoms with Gasteiger partial charge < -0.3 is 0 Å². The minimum absolute atomic E-state index is 0.0705. The van der Waals surface area contributed by atoms with Crippen LogP contribution in [0.3, 0.4) is 0 Å². The molecule has 6 heteroatoms. The van der Waals surface area contributed by atoms with E-state index in [4.69, 9.17) is 17.4 Å². The van der Waals surface area contributed by atoms with Crippen molar-refractivity contribution in [2.75, 3.05) is 5.01 Å². The molecule has 0 atom stereocenters. The molecule has 0 saturated heterocycles. The predicted molar refractivity (Wildman–Crippen MR) is 83.3 cm³/mol. The molecule has 2 rings (SSSR count). The van der Waals surface area contributed by atoms with Crippen LogP contribution in [0.4, 0.5) is 5.13 Å². The van der Waals surface area contributed by atoms with Gasteiger partial charge in [-0.25, -0.2) is 15.8 Å². The Hall–Kier alpha value is -1.43. The highest BCUT2D eigenvalue weighted by molar-refractivity contribution is 7.14. The lowest BCUT2D eigenvalue weighted by Gasteiger charge is -2.16. The van der Waals surface area contributed by atoms with E-state index in [1.54, 1.807) is 24.3 Å².